The third-order valence-electron chi connectivity index (χ3n) is 3.37. The number of aliphatic hydroxyl groups excluding tert-OH is 1. The van der Waals surface area contributed by atoms with Crippen LogP contribution < -0.4 is 5.32 Å². The molecule has 1 saturated heterocycles. The van der Waals surface area contributed by atoms with Gasteiger partial charge >= 0.3 is 0 Å². The quantitative estimate of drug-likeness (QED) is 0.858. The Balaban J connectivity index is 1.82. The molecule has 2 rings (SSSR count). The fraction of sp³-hybridized carbons (Fsp3) is 0.533. The third-order valence-corrected chi connectivity index (χ3v) is 3.37. The van der Waals surface area contributed by atoms with Crippen LogP contribution in [0.3, 0.4) is 0 Å². The van der Waals surface area contributed by atoms with Crippen LogP contribution >= 0.6 is 0 Å². The predicted octanol–water partition coefficient (Wildman–Crippen LogP) is 2.64. The molecule has 4 heteroatoms. The summed E-state index contributed by atoms with van der Waals surface area (Å²) >= 11 is 0. The molecule has 4 nitrogen and oxygen atoms in total. The van der Waals surface area contributed by atoms with Crippen LogP contribution in [0.15, 0.2) is 24.3 Å². The van der Waals surface area contributed by atoms with Crippen molar-refractivity contribution in [3.8, 4) is 0 Å². The lowest BCUT2D eigenvalue weighted by molar-refractivity contribution is -0.116. The van der Waals surface area contributed by atoms with E-state index in [2.05, 4.69) is 5.32 Å². The lowest BCUT2D eigenvalue weighted by Gasteiger charge is -2.11. The predicted molar refractivity (Wildman–Crippen MR) is 73.9 cm³/mol. The van der Waals surface area contributed by atoms with Gasteiger partial charge in [-0.25, -0.2) is 0 Å². The Morgan fingerprint density at radius 1 is 1.58 bits per heavy atom. The van der Waals surface area contributed by atoms with Gasteiger partial charge < -0.3 is 15.2 Å². The summed E-state index contributed by atoms with van der Waals surface area (Å²) in [7, 11) is 0. The van der Waals surface area contributed by atoms with E-state index in [1.54, 1.807) is 13.0 Å². The van der Waals surface area contributed by atoms with Crippen molar-refractivity contribution in [2.75, 3.05) is 11.9 Å². The maximum Gasteiger partial charge on any atom is 0.224 e. The molecule has 2 atom stereocenters. The second-order valence-electron chi connectivity index (χ2n) is 5.02. The van der Waals surface area contributed by atoms with Crippen LogP contribution in [-0.4, -0.2) is 23.7 Å². The number of carbonyl (C=O) groups excluding carboxylic acids is 1. The van der Waals surface area contributed by atoms with E-state index in [1.807, 2.05) is 18.2 Å². The van der Waals surface area contributed by atoms with Crippen molar-refractivity contribution in [2.45, 2.75) is 44.8 Å². The van der Waals surface area contributed by atoms with Gasteiger partial charge in [-0.05, 0) is 43.9 Å². The van der Waals surface area contributed by atoms with Gasteiger partial charge in [0.1, 0.15) is 0 Å². The molecule has 1 fully saturated rings. The van der Waals surface area contributed by atoms with Gasteiger partial charge in [-0.1, -0.05) is 12.1 Å². The monoisotopic (exact) mass is 263 g/mol. The first kappa shape index (κ1) is 14.0. The number of hydrogen-bond donors (Lipinski definition) is 2. The van der Waals surface area contributed by atoms with E-state index in [-0.39, 0.29) is 12.0 Å². The van der Waals surface area contributed by atoms with Crippen molar-refractivity contribution in [1.29, 1.82) is 0 Å². The van der Waals surface area contributed by atoms with E-state index in [0.29, 0.717) is 6.42 Å². The molecule has 1 aromatic rings. The van der Waals surface area contributed by atoms with E-state index in [1.165, 1.54) is 0 Å². The molecular weight excluding hydrogens is 242 g/mol. The topological polar surface area (TPSA) is 58.6 Å². The largest absolute Gasteiger partial charge is 0.389 e. The molecule has 1 amide bonds. The maximum absolute atomic E-state index is 11.8. The highest BCUT2D eigenvalue weighted by atomic mass is 16.5. The average Bonchev–Trinajstić information content (AvgIpc) is 2.90. The molecule has 0 aromatic heterocycles. The van der Waals surface area contributed by atoms with Crippen molar-refractivity contribution < 1.29 is 14.6 Å². The van der Waals surface area contributed by atoms with Gasteiger partial charge in [-0.2, -0.15) is 0 Å². The van der Waals surface area contributed by atoms with Gasteiger partial charge in [-0.15, -0.1) is 0 Å². The summed E-state index contributed by atoms with van der Waals surface area (Å²) in [6.45, 7) is 2.53. The van der Waals surface area contributed by atoms with Crippen LogP contribution in [0.2, 0.25) is 0 Å². The fourth-order valence-electron chi connectivity index (χ4n) is 2.26. The van der Waals surface area contributed by atoms with E-state index < -0.39 is 6.10 Å². The fourth-order valence-corrected chi connectivity index (χ4v) is 2.26. The lowest BCUT2D eigenvalue weighted by Crippen LogP contribution is -2.15. The highest BCUT2D eigenvalue weighted by Crippen LogP contribution is 2.19. The van der Waals surface area contributed by atoms with Crippen LogP contribution in [0.5, 0.6) is 0 Å². The second kappa shape index (κ2) is 6.68. The summed E-state index contributed by atoms with van der Waals surface area (Å²) in [5, 5.41) is 12.4. The van der Waals surface area contributed by atoms with E-state index in [0.717, 1.165) is 37.1 Å². The Hall–Kier alpha value is -1.39. The zero-order valence-electron chi connectivity index (χ0n) is 11.3. The number of rotatable bonds is 5. The molecular formula is C15H21NO3. The number of benzene rings is 1. The van der Waals surface area contributed by atoms with Crippen molar-refractivity contribution in [2.24, 2.45) is 0 Å². The van der Waals surface area contributed by atoms with Crippen LogP contribution in [0.1, 0.15) is 44.3 Å². The molecule has 104 valence electrons. The van der Waals surface area contributed by atoms with E-state index in [9.17, 15) is 9.90 Å². The van der Waals surface area contributed by atoms with Gasteiger partial charge in [0, 0.05) is 18.7 Å². The summed E-state index contributed by atoms with van der Waals surface area (Å²) in [5.41, 5.74) is 1.53. The molecule has 0 aliphatic carbocycles. The van der Waals surface area contributed by atoms with E-state index in [4.69, 9.17) is 4.74 Å². The van der Waals surface area contributed by atoms with Gasteiger partial charge in [0.25, 0.3) is 0 Å². The second-order valence-corrected chi connectivity index (χ2v) is 5.02. The Morgan fingerprint density at radius 2 is 2.42 bits per heavy atom. The molecule has 1 aliphatic heterocycles. The number of hydrogen-bond acceptors (Lipinski definition) is 3. The van der Waals surface area contributed by atoms with Crippen LogP contribution in [0, 0.1) is 0 Å². The number of nitrogens with one attached hydrogen (secondary N) is 1. The molecule has 1 heterocycles. The minimum atomic E-state index is -0.524. The molecule has 19 heavy (non-hydrogen) atoms. The highest BCUT2D eigenvalue weighted by molar-refractivity contribution is 5.90. The summed E-state index contributed by atoms with van der Waals surface area (Å²) < 4.78 is 5.49. The third kappa shape index (κ3) is 4.33. The zero-order valence-corrected chi connectivity index (χ0v) is 11.3. The standard InChI is InChI=1S/C15H21NO3/c1-11(17)12-4-2-5-13(10-12)16-15(18)8-7-14-6-3-9-19-14/h2,4-5,10-11,14,17H,3,6-9H2,1H3,(H,16,18). The number of ether oxygens (including phenoxy) is 1. The first-order valence-corrected chi connectivity index (χ1v) is 6.84. The Labute approximate surface area is 113 Å². The van der Waals surface area contributed by atoms with E-state index >= 15 is 0 Å². The van der Waals surface area contributed by atoms with Gasteiger partial charge in [0.15, 0.2) is 0 Å². The van der Waals surface area contributed by atoms with Crippen molar-refractivity contribution in [1.82, 2.24) is 0 Å². The molecule has 1 aromatic carbocycles. The average molecular weight is 263 g/mol. The van der Waals surface area contributed by atoms with Gasteiger partial charge in [0.05, 0.1) is 12.2 Å². The molecule has 2 unspecified atom stereocenters. The lowest BCUT2D eigenvalue weighted by atomic mass is 10.1. The summed E-state index contributed by atoms with van der Waals surface area (Å²) in [5.74, 6) is -0.00163. The summed E-state index contributed by atoms with van der Waals surface area (Å²) in [6, 6.07) is 7.30. The smallest absolute Gasteiger partial charge is 0.224 e. The Morgan fingerprint density at radius 3 is 3.11 bits per heavy atom. The first-order valence-electron chi connectivity index (χ1n) is 6.84. The number of carbonyl (C=O) groups is 1. The summed E-state index contributed by atoms with van der Waals surface area (Å²) in [4.78, 5) is 11.8. The molecule has 0 radical (unpaired) electrons. The maximum atomic E-state index is 11.8. The van der Waals surface area contributed by atoms with Crippen molar-refractivity contribution in [3.63, 3.8) is 0 Å². The van der Waals surface area contributed by atoms with Crippen LogP contribution in [0.4, 0.5) is 5.69 Å². The number of anilines is 1. The molecule has 2 N–H and O–H groups in total. The number of amides is 1. The van der Waals surface area contributed by atoms with Crippen LogP contribution in [-0.2, 0) is 9.53 Å². The van der Waals surface area contributed by atoms with Gasteiger partial charge in [-0.3, -0.25) is 4.79 Å². The Bertz CT molecular complexity index is 425. The molecule has 0 bridgehead atoms. The molecule has 0 saturated carbocycles. The van der Waals surface area contributed by atoms with Gasteiger partial charge in [0.2, 0.25) is 5.91 Å². The van der Waals surface area contributed by atoms with Crippen LogP contribution in [0.25, 0.3) is 0 Å². The first-order chi connectivity index (χ1) is 9.15. The minimum absolute atomic E-state index is 0.00163. The SMILES string of the molecule is CC(O)c1cccc(NC(=O)CCC2CCCO2)c1. The van der Waals surface area contributed by atoms with Crippen molar-refractivity contribution >= 4 is 11.6 Å². The minimum Gasteiger partial charge on any atom is -0.389 e. The highest BCUT2D eigenvalue weighted by Gasteiger charge is 2.16. The van der Waals surface area contributed by atoms with Crippen molar-refractivity contribution in [3.05, 3.63) is 29.8 Å². The summed E-state index contributed by atoms with van der Waals surface area (Å²) in [6.07, 6.45) is 3.14. The molecule has 0 spiro atoms. The normalized spacial score (nSPS) is 20.2. The number of aliphatic hydroxyl groups is 1. The zero-order chi connectivity index (χ0) is 13.7. The molecule has 1 aliphatic rings. The Kier molecular flexibility index (Phi) is 4.93.